The van der Waals surface area contributed by atoms with Crippen molar-refractivity contribution < 1.29 is 9.53 Å². The molecule has 2 aromatic heterocycles. The average Bonchev–Trinajstić information content (AvgIpc) is 3.07. The molecule has 2 N–H and O–H groups in total. The van der Waals surface area contributed by atoms with Gasteiger partial charge in [-0.25, -0.2) is 4.79 Å². The Hall–Kier alpha value is -3.06. The summed E-state index contributed by atoms with van der Waals surface area (Å²) in [6, 6.07) is 10.4. The van der Waals surface area contributed by atoms with Crippen LogP contribution >= 0.6 is 11.6 Å². The van der Waals surface area contributed by atoms with Gasteiger partial charge >= 0.3 is 6.03 Å². The number of nitrogens with zero attached hydrogens (tertiary/aromatic N) is 3. The Morgan fingerprint density at radius 3 is 2.77 bits per heavy atom. The van der Waals surface area contributed by atoms with Crippen LogP contribution in [0.15, 0.2) is 48.8 Å². The Bertz CT molecular complexity index is 908. The number of amides is 2. The Balaban J connectivity index is 1.60. The molecule has 0 spiro atoms. The molecule has 0 unspecified atom stereocenters. The summed E-state index contributed by atoms with van der Waals surface area (Å²) in [6.45, 7) is 0.341. The van der Waals surface area contributed by atoms with E-state index < -0.39 is 0 Å². The van der Waals surface area contributed by atoms with Crippen LogP contribution in [0.1, 0.15) is 5.56 Å². The lowest BCUT2D eigenvalue weighted by molar-refractivity contribution is 0.251. The molecule has 0 aliphatic rings. The summed E-state index contributed by atoms with van der Waals surface area (Å²) in [5.41, 5.74) is 3.13. The minimum absolute atomic E-state index is 0.341. The van der Waals surface area contributed by atoms with Gasteiger partial charge in [-0.05, 0) is 35.9 Å². The Morgan fingerprint density at radius 2 is 2.12 bits per heavy atom. The fourth-order valence-corrected chi connectivity index (χ4v) is 2.60. The molecule has 8 heteroatoms. The first kappa shape index (κ1) is 17.8. The minimum atomic E-state index is -0.360. The van der Waals surface area contributed by atoms with Gasteiger partial charge in [-0.3, -0.25) is 9.67 Å². The average molecular weight is 372 g/mol. The van der Waals surface area contributed by atoms with E-state index in [9.17, 15) is 4.79 Å². The first-order chi connectivity index (χ1) is 12.6. The van der Waals surface area contributed by atoms with Gasteiger partial charge in [-0.15, -0.1) is 0 Å². The van der Waals surface area contributed by atoms with Crippen molar-refractivity contribution >= 4 is 23.3 Å². The number of rotatable bonds is 5. The number of hydrogen-bond donors (Lipinski definition) is 2. The predicted octanol–water partition coefficient (Wildman–Crippen LogP) is 3.47. The molecule has 0 aliphatic carbocycles. The number of urea groups is 1. The van der Waals surface area contributed by atoms with Crippen LogP contribution in [0.3, 0.4) is 0 Å². The molecular formula is C18H18ClN5O2. The van der Waals surface area contributed by atoms with Crippen molar-refractivity contribution in [3.05, 3.63) is 59.4 Å². The van der Waals surface area contributed by atoms with E-state index in [1.807, 2.05) is 25.2 Å². The van der Waals surface area contributed by atoms with Crippen LogP contribution in [0, 0.1) is 0 Å². The smallest absolute Gasteiger partial charge is 0.319 e. The van der Waals surface area contributed by atoms with Gasteiger partial charge in [0.05, 0.1) is 24.2 Å². The summed E-state index contributed by atoms with van der Waals surface area (Å²) in [5.74, 6) is 0.534. The van der Waals surface area contributed by atoms with E-state index >= 15 is 0 Å². The van der Waals surface area contributed by atoms with Gasteiger partial charge in [0, 0.05) is 31.0 Å². The topological polar surface area (TPSA) is 81.1 Å². The first-order valence-corrected chi connectivity index (χ1v) is 8.26. The molecule has 2 heterocycles. The van der Waals surface area contributed by atoms with Gasteiger partial charge in [-0.1, -0.05) is 17.7 Å². The number of benzene rings is 1. The van der Waals surface area contributed by atoms with Gasteiger partial charge in [0.25, 0.3) is 0 Å². The maximum Gasteiger partial charge on any atom is 0.319 e. The molecular weight excluding hydrogens is 354 g/mol. The third kappa shape index (κ3) is 4.12. The molecule has 0 aliphatic heterocycles. The van der Waals surface area contributed by atoms with Gasteiger partial charge in [0.2, 0.25) is 0 Å². The Kier molecular flexibility index (Phi) is 5.38. The number of aromatic nitrogens is 3. The SMILES string of the molecule is COc1ccc(Cl)cc1NC(=O)NCc1ccc(-c2ccnn2C)nc1. The number of ether oxygens (including phenoxy) is 1. The summed E-state index contributed by atoms with van der Waals surface area (Å²) in [7, 11) is 3.39. The number of pyridine rings is 1. The number of carbonyl (C=O) groups is 1. The highest BCUT2D eigenvalue weighted by Crippen LogP contribution is 2.27. The number of aryl methyl sites for hydroxylation is 1. The van der Waals surface area contributed by atoms with E-state index in [-0.39, 0.29) is 6.03 Å². The van der Waals surface area contributed by atoms with Crippen molar-refractivity contribution in [3.8, 4) is 17.1 Å². The van der Waals surface area contributed by atoms with Crippen molar-refractivity contribution in [1.29, 1.82) is 0 Å². The van der Waals surface area contributed by atoms with Crippen LogP contribution in [0.4, 0.5) is 10.5 Å². The van der Waals surface area contributed by atoms with Crippen molar-refractivity contribution in [2.45, 2.75) is 6.54 Å². The summed E-state index contributed by atoms with van der Waals surface area (Å²) < 4.78 is 6.96. The summed E-state index contributed by atoms with van der Waals surface area (Å²) in [4.78, 5) is 16.5. The standard InChI is InChI=1S/C18H18ClN5O2/c1-24-16(7-8-22-24)14-5-3-12(10-20-14)11-21-18(25)23-15-9-13(19)4-6-17(15)26-2/h3-10H,11H2,1-2H3,(H2,21,23,25). The molecule has 3 aromatic rings. The molecule has 0 bridgehead atoms. The molecule has 26 heavy (non-hydrogen) atoms. The highest BCUT2D eigenvalue weighted by Gasteiger charge is 2.09. The second-order valence-corrected chi connectivity index (χ2v) is 5.98. The zero-order valence-electron chi connectivity index (χ0n) is 14.4. The van der Waals surface area contributed by atoms with Crippen LogP contribution in [0.5, 0.6) is 5.75 Å². The van der Waals surface area contributed by atoms with Gasteiger partial charge in [-0.2, -0.15) is 5.10 Å². The van der Waals surface area contributed by atoms with Crippen LogP contribution < -0.4 is 15.4 Å². The maximum atomic E-state index is 12.1. The monoisotopic (exact) mass is 371 g/mol. The fraction of sp³-hybridized carbons (Fsp3) is 0.167. The number of halogens is 1. The molecule has 0 saturated heterocycles. The lowest BCUT2D eigenvalue weighted by Crippen LogP contribution is -2.28. The highest BCUT2D eigenvalue weighted by atomic mass is 35.5. The van der Waals surface area contributed by atoms with Crippen LogP contribution in [0.2, 0.25) is 5.02 Å². The normalized spacial score (nSPS) is 10.4. The third-order valence-electron chi connectivity index (χ3n) is 3.77. The van der Waals surface area contributed by atoms with E-state index in [1.165, 1.54) is 7.11 Å². The minimum Gasteiger partial charge on any atom is -0.495 e. The summed E-state index contributed by atoms with van der Waals surface area (Å²) in [5, 5.41) is 10.1. The largest absolute Gasteiger partial charge is 0.495 e. The number of methoxy groups -OCH3 is 1. The van der Waals surface area contributed by atoms with Gasteiger partial charge < -0.3 is 15.4 Å². The zero-order valence-corrected chi connectivity index (χ0v) is 15.1. The van der Waals surface area contributed by atoms with E-state index in [0.717, 1.165) is 17.0 Å². The molecule has 134 valence electrons. The first-order valence-electron chi connectivity index (χ1n) is 7.88. The molecule has 0 atom stereocenters. The Morgan fingerprint density at radius 1 is 1.27 bits per heavy atom. The Labute approximate surface area is 156 Å². The van der Waals surface area contributed by atoms with Crippen molar-refractivity contribution in [3.63, 3.8) is 0 Å². The van der Waals surface area contributed by atoms with Gasteiger partial charge in [0.1, 0.15) is 5.75 Å². The van der Waals surface area contributed by atoms with Crippen LogP contribution in [0.25, 0.3) is 11.4 Å². The molecule has 1 aromatic carbocycles. The second-order valence-electron chi connectivity index (χ2n) is 5.54. The van der Waals surface area contributed by atoms with Gasteiger partial charge in [0.15, 0.2) is 0 Å². The van der Waals surface area contributed by atoms with Crippen molar-refractivity contribution in [2.24, 2.45) is 7.05 Å². The second kappa shape index (κ2) is 7.88. The van der Waals surface area contributed by atoms with Crippen molar-refractivity contribution in [1.82, 2.24) is 20.1 Å². The summed E-state index contributed by atoms with van der Waals surface area (Å²) >= 11 is 5.96. The zero-order chi connectivity index (χ0) is 18.5. The molecule has 0 radical (unpaired) electrons. The molecule has 0 fully saturated rings. The number of hydrogen-bond acceptors (Lipinski definition) is 4. The fourth-order valence-electron chi connectivity index (χ4n) is 2.43. The van der Waals surface area contributed by atoms with E-state index in [0.29, 0.717) is 23.0 Å². The van der Waals surface area contributed by atoms with E-state index in [4.69, 9.17) is 16.3 Å². The number of anilines is 1. The van der Waals surface area contributed by atoms with E-state index in [2.05, 4.69) is 20.7 Å². The predicted molar refractivity (Wildman–Crippen MR) is 100 cm³/mol. The highest BCUT2D eigenvalue weighted by molar-refractivity contribution is 6.31. The molecule has 7 nitrogen and oxygen atoms in total. The van der Waals surface area contributed by atoms with Crippen LogP contribution in [-0.2, 0) is 13.6 Å². The van der Waals surface area contributed by atoms with Crippen LogP contribution in [-0.4, -0.2) is 27.9 Å². The lowest BCUT2D eigenvalue weighted by Gasteiger charge is -2.11. The molecule has 2 amide bonds. The van der Waals surface area contributed by atoms with Crippen molar-refractivity contribution in [2.75, 3.05) is 12.4 Å². The molecule has 0 saturated carbocycles. The van der Waals surface area contributed by atoms with E-state index in [1.54, 1.807) is 35.3 Å². The number of carbonyl (C=O) groups excluding carboxylic acids is 1. The third-order valence-corrected chi connectivity index (χ3v) is 4.01. The number of nitrogens with one attached hydrogen (secondary N) is 2. The quantitative estimate of drug-likeness (QED) is 0.719. The summed E-state index contributed by atoms with van der Waals surface area (Å²) in [6.07, 6.45) is 3.45. The maximum absolute atomic E-state index is 12.1. The molecule has 3 rings (SSSR count). The lowest BCUT2D eigenvalue weighted by atomic mass is 10.2.